The maximum absolute atomic E-state index is 12.8. The maximum Gasteiger partial charge on any atom is 0.419 e. The van der Waals surface area contributed by atoms with Crippen molar-refractivity contribution >= 4 is 21.6 Å². The predicted molar refractivity (Wildman–Crippen MR) is 103 cm³/mol. The number of nitrogens with two attached hydrogens (primary N) is 1. The number of nitrogens with zero attached hydrogens (tertiary/aromatic N) is 2. The van der Waals surface area contributed by atoms with Gasteiger partial charge in [0.25, 0.3) is 0 Å². The van der Waals surface area contributed by atoms with Crippen molar-refractivity contribution in [1.29, 1.82) is 0 Å². The summed E-state index contributed by atoms with van der Waals surface area (Å²) >= 11 is 0. The third kappa shape index (κ3) is 4.86. The second-order valence-electron chi connectivity index (χ2n) is 6.55. The zero-order valence-corrected chi connectivity index (χ0v) is 16.5. The van der Waals surface area contributed by atoms with Crippen LogP contribution in [0.4, 0.5) is 18.9 Å². The number of aryl methyl sites for hydroxylation is 1. The number of hydrogen-bond acceptors (Lipinski definition) is 4. The molecular formula is C19H17F3N4O3S. The van der Waals surface area contributed by atoms with Gasteiger partial charge in [-0.25, -0.2) is 18.2 Å². The molecule has 0 radical (unpaired) electrons. The van der Waals surface area contributed by atoms with Crippen molar-refractivity contribution < 1.29 is 26.4 Å². The maximum atomic E-state index is 12.8. The van der Waals surface area contributed by atoms with Gasteiger partial charge in [0.05, 0.1) is 23.9 Å². The first-order valence-electron chi connectivity index (χ1n) is 8.58. The lowest BCUT2D eigenvalue weighted by molar-refractivity contribution is -0.137. The highest BCUT2D eigenvalue weighted by Gasteiger charge is 2.32. The van der Waals surface area contributed by atoms with Crippen LogP contribution in [-0.2, 0) is 27.4 Å². The molecule has 0 saturated heterocycles. The quantitative estimate of drug-likeness (QED) is 0.639. The van der Waals surface area contributed by atoms with Crippen molar-refractivity contribution in [3.8, 4) is 5.69 Å². The molecule has 30 heavy (non-hydrogen) atoms. The zero-order valence-electron chi connectivity index (χ0n) is 15.6. The van der Waals surface area contributed by atoms with Crippen LogP contribution in [0, 0.1) is 6.92 Å². The SMILES string of the molecule is Cc1ccccc1CC(=O)Nc1ccc(-n2cc(C(F)(F)F)cn2)c(S(N)(=O)=O)c1. The monoisotopic (exact) mass is 438 g/mol. The van der Waals surface area contributed by atoms with Crippen LogP contribution < -0.4 is 10.5 Å². The number of benzene rings is 2. The van der Waals surface area contributed by atoms with Gasteiger partial charge < -0.3 is 5.32 Å². The van der Waals surface area contributed by atoms with Crippen LogP contribution in [0.3, 0.4) is 0 Å². The number of nitrogens with one attached hydrogen (secondary N) is 1. The second-order valence-corrected chi connectivity index (χ2v) is 8.08. The van der Waals surface area contributed by atoms with Crippen molar-refractivity contribution in [3.63, 3.8) is 0 Å². The third-order valence-corrected chi connectivity index (χ3v) is 5.26. The van der Waals surface area contributed by atoms with Gasteiger partial charge in [0.1, 0.15) is 4.90 Å². The summed E-state index contributed by atoms with van der Waals surface area (Å²) in [4.78, 5) is 11.9. The molecule has 0 fully saturated rings. The molecule has 7 nitrogen and oxygen atoms in total. The van der Waals surface area contributed by atoms with Crippen LogP contribution in [0.2, 0.25) is 0 Å². The fourth-order valence-corrected chi connectivity index (χ4v) is 3.54. The number of aromatic nitrogens is 2. The molecule has 3 rings (SSSR count). The van der Waals surface area contributed by atoms with Crippen molar-refractivity contribution in [2.24, 2.45) is 5.14 Å². The average Bonchev–Trinajstić information content (AvgIpc) is 3.13. The van der Waals surface area contributed by atoms with Crippen LogP contribution in [0.5, 0.6) is 0 Å². The molecule has 2 aromatic carbocycles. The Balaban J connectivity index is 1.91. The average molecular weight is 438 g/mol. The van der Waals surface area contributed by atoms with E-state index in [1.807, 2.05) is 19.1 Å². The number of rotatable bonds is 5. The molecule has 1 aromatic heterocycles. The van der Waals surface area contributed by atoms with E-state index in [9.17, 15) is 26.4 Å². The Bertz CT molecular complexity index is 1200. The predicted octanol–water partition coefficient (Wildman–Crippen LogP) is 3.03. The molecule has 3 N–H and O–H groups in total. The largest absolute Gasteiger partial charge is 0.419 e. The molecule has 1 heterocycles. The first-order valence-corrected chi connectivity index (χ1v) is 10.1. The number of halogens is 3. The third-order valence-electron chi connectivity index (χ3n) is 4.32. The van der Waals surface area contributed by atoms with E-state index in [0.29, 0.717) is 12.4 Å². The summed E-state index contributed by atoms with van der Waals surface area (Å²) in [5.41, 5.74) is 0.634. The van der Waals surface area contributed by atoms with Gasteiger partial charge in [-0.1, -0.05) is 24.3 Å². The van der Waals surface area contributed by atoms with Crippen molar-refractivity contribution in [2.75, 3.05) is 5.32 Å². The molecule has 0 aliphatic heterocycles. The fraction of sp³-hybridized carbons (Fsp3) is 0.158. The molecule has 0 saturated carbocycles. The molecule has 11 heteroatoms. The van der Waals surface area contributed by atoms with Gasteiger partial charge in [0.2, 0.25) is 15.9 Å². The Morgan fingerprint density at radius 1 is 1.20 bits per heavy atom. The molecule has 0 unspecified atom stereocenters. The number of primary sulfonamides is 1. The summed E-state index contributed by atoms with van der Waals surface area (Å²) in [7, 11) is -4.33. The molecule has 0 atom stereocenters. The fourth-order valence-electron chi connectivity index (χ4n) is 2.80. The summed E-state index contributed by atoms with van der Waals surface area (Å²) in [5, 5.41) is 11.4. The van der Waals surface area contributed by atoms with Gasteiger partial charge in [-0.15, -0.1) is 0 Å². The van der Waals surface area contributed by atoms with E-state index in [4.69, 9.17) is 5.14 Å². The molecule has 3 aromatic rings. The van der Waals surface area contributed by atoms with Gasteiger partial charge in [-0.05, 0) is 36.2 Å². The van der Waals surface area contributed by atoms with Crippen LogP contribution in [-0.4, -0.2) is 24.1 Å². The van der Waals surface area contributed by atoms with Crippen LogP contribution in [0.25, 0.3) is 5.69 Å². The molecule has 0 bridgehead atoms. The molecular weight excluding hydrogens is 421 g/mol. The van der Waals surface area contributed by atoms with E-state index in [2.05, 4.69) is 10.4 Å². The minimum atomic E-state index is -4.64. The van der Waals surface area contributed by atoms with Crippen molar-refractivity contribution in [1.82, 2.24) is 9.78 Å². The standard InChI is InChI=1S/C19H17F3N4O3S/c1-12-4-2-3-5-13(12)8-18(27)25-15-6-7-16(17(9-15)30(23,28)29)26-11-14(10-24-26)19(20,21)22/h2-7,9-11H,8H2,1H3,(H,25,27)(H2,23,28,29). The van der Waals surface area contributed by atoms with Gasteiger partial charge in [-0.3, -0.25) is 4.79 Å². The molecule has 0 aliphatic carbocycles. The van der Waals surface area contributed by atoms with E-state index >= 15 is 0 Å². The molecule has 0 aliphatic rings. The van der Waals surface area contributed by atoms with E-state index < -0.39 is 32.6 Å². The minimum Gasteiger partial charge on any atom is -0.326 e. The zero-order chi connectivity index (χ0) is 22.1. The summed E-state index contributed by atoms with van der Waals surface area (Å²) < 4.78 is 63.2. The number of anilines is 1. The first-order chi connectivity index (χ1) is 13.9. The topological polar surface area (TPSA) is 107 Å². The van der Waals surface area contributed by atoms with E-state index in [-0.39, 0.29) is 17.8 Å². The van der Waals surface area contributed by atoms with Crippen molar-refractivity contribution in [2.45, 2.75) is 24.4 Å². The molecule has 0 spiro atoms. The lowest BCUT2D eigenvalue weighted by Crippen LogP contribution is -2.18. The lowest BCUT2D eigenvalue weighted by Gasteiger charge is -2.12. The summed E-state index contributed by atoms with van der Waals surface area (Å²) in [6.07, 6.45) is -3.35. The highest BCUT2D eigenvalue weighted by Crippen LogP contribution is 2.30. The van der Waals surface area contributed by atoms with E-state index in [1.165, 1.54) is 12.1 Å². The Morgan fingerprint density at radius 2 is 1.90 bits per heavy atom. The molecule has 158 valence electrons. The van der Waals surface area contributed by atoms with E-state index in [0.717, 1.165) is 21.9 Å². The highest BCUT2D eigenvalue weighted by atomic mass is 32.2. The van der Waals surface area contributed by atoms with Gasteiger partial charge in [0.15, 0.2) is 0 Å². The van der Waals surface area contributed by atoms with Gasteiger partial charge >= 0.3 is 6.18 Å². The second kappa shape index (κ2) is 7.92. The van der Waals surface area contributed by atoms with E-state index in [1.54, 1.807) is 12.1 Å². The Morgan fingerprint density at radius 3 is 2.50 bits per heavy atom. The van der Waals surface area contributed by atoms with Crippen LogP contribution in [0.1, 0.15) is 16.7 Å². The Labute approximate surface area is 170 Å². The highest BCUT2D eigenvalue weighted by molar-refractivity contribution is 7.89. The Hall–Kier alpha value is -3.18. The minimum absolute atomic E-state index is 0.0627. The van der Waals surface area contributed by atoms with Crippen LogP contribution >= 0.6 is 0 Å². The number of carbonyl (C=O) groups excluding carboxylic acids is 1. The van der Waals surface area contributed by atoms with Gasteiger partial charge in [-0.2, -0.15) is 18.3 Å². The van der Waals surface area contributed by atoms with Gasteiger partial charge in [0, 0.05) is 11.9 Å². The number of carbonyl (C=O) groups is 1. The lowest BCUT2D eigenvalue weighted by atomic mass is 10.1. The summed E-state index contributed by atoms with van der Waals surface area (Å²) in [6.45, 7) is 1.86. The first kappa shape index (κ1) is 21.5. The van der Waals surface area contributed by atoms with Crippen LogP contribution in [0.15, 0.2) is 59.8 Å². The van der Waals surface area contributed by atoms with Crippen molar-refractivity contribution in [3.05, 3.63) is 71.5 Å². The number of alkyl halides is 3. The summed E-state index contributed by atoms with van der Waals surface area (Å²) in [5.74, 6) is -0.393. The number of hydrogen-bond donors (Lipinski definition) is 2. The number of amides is 1. The molecule has 1 amide bonds. The smallest absolute Gasteiger partial charge is 0.326 e. The normalized spacial score (nSPS) is 12.0. The summed E-state index contributed by atoms with van der Waals surface area (Å²) in [6, 6.07) is 10.9. The number of sulfonamides is 1. The Kier molecular flexibility index (Phi) is 5.68.